The zero-order valence-corrected chi connectivity index (χ0v) is 10.7. The summed E-state index contributed by atoms with van der Waals surface area (Å²) in [7, 11) is 1.68. The highest BCUT2D eigenvalue weighted by molar-refractivity contribution is 5.36. The fraction of sp³-hybridized carbons (Fsp3) is 0.571. The molecule has 0 aliphatic rings. The molecule has 1 N–H and O–H groups in total. The molecule has 90 valence electrons. The Morgan fingerprint density at radius 1 is 1.19 bits per heavy atom. The number of aliphatic hydroxyl groups excluding tert-OH is 1. The van der Waals surface area contributed by atoms with Gasteiger partial charge >= 0.3 is 0 Å². The highest BCUT2D eigenvalue weighted by atomic mass is 16.5. The van der Waals surface area contributed by atoms with Gasteiger partial charge in [-0.15, -0.1) is 0 Å². The minimum Gasteiger partial charge on any atom is -0.497 e. The Hall–Kier alpha value is -1.02. The molecule has 0 aromatic heterocycles. The largest absolute Gasteiger partial charge is 0.497 e. The molecule has 1 unspecified atom stereocenters. The van der Waals surface area contributed by atoms with Crippen LogP contribution in [-0.2, 0) is 6.42 Å². The third kappa shape index (κ3) is 3.53. The molecule has 0 fully saturated rings. The third-order valence-corrected chi connectivity index (χ3v) is 2.71. The van der Waals surface area contributed by atoms with Gasteiger partial charge in [-0.2, -0.15) is 0 Å². The lowest BCUT2D eigenvalue weighted by molar-refractivity contribution is 0.272. The van der Waals surface area contributed by atoms with Gasteiger partial charge in [0, 0.05) is 12.5 Å². The topological polar surface area (TPSA) is 29.5 Å². The van der Waals surface area contributed by atoms with Crippen LogP contribution in [0.15, 0.2) is 18.2 Å². The highest BCUT2D eigenvalue weighted by Gasteiger charge is 2.08. The van der Waals surface area contributed by atoms with Crippen LogP contribution in [0.1, 0.15) is 37.8 Å². The second kappa shape index (κ2) is 5.90. The van der Waals surface area contributed by atoms with E-state index in [1.165, 1.54) is 5.56 Å². The Labute approximate surface area is 98.3 Å². The fourth-order valence-electron chi connectivity index (χ4n) is 1.78. The summed E-state index contributed by atoms with van der Waals surface area (Å²) in [5.74, 6) is 1.68. The fourth-order valence-corrected chi connectivity index (χ4v) is 1.78. The summed E-state index contributed by atoms with van der Waals surface area (Å²) < 4.78 is 5.29. The normalized spacial score (nSPS) is 12.9. The van der Waals surface area contributed by atoms with Crippen LogP contribution in [-0.4, -0.2) is 18.8 Å². The van der Waals surface area contributed by atoms with Gasteiger partial charge in [-0.25, -0.2) is 0 Å². The summed E-state index contributed by atoms with van der Waals surface area (Å²) in [6.07, 6.45) is 1.04. The van der Waals surface area contributed by atoms with Crippen molar-refractivity contribution >= 4 is 0 Å². The van der Waals surface area contributed by atoms with Gasteiger partial charge in [-0.1, -0.05) is 26.8 Å². The van der Waals surface area contributed by atoms with E-state index in [1.807, 2.05) is 13.0 Å². The molecule has 1 rings (SSSR count). The summed E-state index contributed by atoms with van der Waals surface area (Å²) in [4.78, 5) is 0. The zero-order valence-electron chi connectivity index (χ0n) is 10.7. The van der Waals surface area contributed by atoms with E-state index in [-0.39, 0.29) is 12.5 Å². The van der Waals surface area contributed by atoms with Crippen LogP contribution in [0.3, 0.4) is 0 Å². The highest BCUT2D eigenvalue weighted by Crippen LogP contribution is 2.24. The average Bonchev–Trinajstić information content (AvgIpc) is 2.26. The molecule has 1 aromatic carbocycles. The first-order valence-electron chi connectivity index (χ1n) is 5.85. The van der Waals surface area contributed by atoms with Gasteiger partial charge < -0.3 is 9.84 Å². The lowest BCUT2D eigenvalue weighted by atomic mass is 9.95. The van der Waals surface area contributed by atoms with Crippen LogP contribution in [0.5, 0.6) is 5.75 Å². The van der Waals surface area contributed by atoms with E-state index in [2.05, 4.69) is 26.0 Å². The van der Waals surface area contributed by atoms with E-state index in [9.17, 15) is 5.11 Å². The Balaban J connectivity index is 3.00. The second-order valence-electron chi connectivity index (χ2n) is 4.80. The molecule has 0 saturated carbocycles. The Morgan fingerprint density at radius 2 is 1.88 bits per heavy atom. The predicted molar refractivity (Wildman–Crippen MR) is 67.0 cm³/mol. The average molecular weight is 222 g/mol. The van der Waals surface area contributed by atoms with E-state index in [0.29, 0.717) is 5.92 Å². The summed E-state index contributed by atoms with van der Waals surface area (Å²) in [5, 5.41) is 9.18. The maximum atomic E-state index is 9.18. The SMILES string of the molecule is COc1cc(CC(C)C)cc(C(C)CO)c1. The monoisotopic (exact) mass is 222 g/mol. The molecule has 0 amide bonds. The molecule has 0 aliphatic heterocycles. The summed E-state index contributed by atoms with van der Waals surface area (Å²) in [6, 6.07) is 6.25. The number of aliphatic hydroxyl groups is 1. The van der Waals surface area contributed by atoms with Gasteiger partial charge in [0.2, 0.25) is 0 Å². The number of methoxy groups -OCH3 is 1. The van der Waals surface area contributed by atoms with E-state index in [1.54, 1.807) is 7.11 Å². The van der Waals surface area contributed by atoms with Crippen molar-refractivity contribution in [3.63, 3.8) is 0 Å². The van der Waals surface area contributed by atoms with Gasteiger partial charge in [0.1, 0.15) is 5.75 Å². The van der Waals surface area contributed by atoms with Gasteiger partial charge in [0.25, 0.3) is 0 Å². The predicted octanol–water partition coefficient (Wildman–Crippen LogP) is 2.99. The molecule has 1 atom stereocenters. The Kier molecular flexibility index (Phi) is 4.81. The van der Waals surface area contributed by atoms with Crippen LogP contribution in [0.25, 0.3) is 0 Å². The number of benzene rings is 1. The lowest BCUT2D eigenvalue weighted by Crippen LogP contribution is -2.02. The Morgan fingerprint density at radius 3 is 2.38 bits per heavy atom. The second-order valence-corrected chi connectivity index (χ2v) is 4.80. The number of hydrogen-bond donors (Lipinski definition) is 1. The minimum absolute atomic E-state index is 0.168. The summed E-state index contributed by atoms with van der Waals surface area (Å²) in [6.45, 7) is 6.60. The lowest BCUT2D eigenvalue weighted by Gasteiger charge is -2.14. The number of rotatable bonds is 5. The van der Waals surface area contributed by atoms with E-state index in [0.717, 1.165) is 17.7 Å². The first-order valence-corrected chi connectivity index (χ1v) is 5.85. The van der Waals surface area contributed by atoms with Gasteiger partial charge in [0.15, 0.2) is 0 Å². The van der Waals surface area contributed by atoms with Gasteiger partial charge in [-0.05, 0) is 35.6 Å². The molecule has 2 nitrogen and oxygen atoms in total. The number of hydrogen-bond acceptors (Lipinski definition) is 2. The molecule has 16 heavy (non-hydrogen) atoms. The van der Waals surface area contributed by atoms with Crippen molar-refractivity contribution in [1.82, 2.24) is 0 Å². The number of ether oxygens (including phenoxy) is 1. The van der Waals surface area contributed by atoms with Crippen LogP contribution in [0.4, 0.5) is 0 Å². The molecule has 0 saturated heterocycles. The molecule has 0 spiro atoms. The molecule has 1 aromatic rings. The molecule has 0 bridgehead atoms. The smallest absolute Gasteiger partial charge is 0.119 e. The van der Waals surface area contributed by atoms with E-state index in [4.69, 9.17) is 4.74 Å². The molecule has 0 aliphatic carbocycles. The quantitative estimate of drug-likeness (QED) is 0.830. The first-order chi connectivity index (χ1) is 7.56. The van der Waals surface area contributed by atoms with E-state index < -0.39 is 0 Å². The minimum atomic E-state index is 0.168. The molecule has 2 heteroatoms. The molecular formula is C14H22O2. The van der Waals surface area contributed by atoms with Crippen molar-refractivity contribution in [2.24, 2.45) is 5.92 Å². The van der Waals surface area contributed by atoms with Gasteiger partial charge in [-0.3, -0.25) is 0 Å². The van der Waals surface area contributed by atoms with Crippen molar-refractivity contribution in [3.8, 4) is 5.75 Å². The standard InChI is InChI=1S/C14H22O2/c1-10(2)5-12-6-13(11(3)9-15)8-14(7-12)16-4/h6-8,10-11,15H,5,9H2,1-4H3. The van der Waals surface area contributed by atoms with Crippen molar-refractivity contribution in [1.29, 1.82) is 0 Å². The van der Waals surface area contributed by atoms with Crippen molar-refractivity contribution in [2.75, 3.05) is 13.7 Å². The maximum absolute atomic E-state index is 9.18. The van der Waals surface area contributed by atoms with E-state index >= 15 is 0 Å². The zero-order chi connectivity index (χ0) is 12.1. The molecule has 0 radical (unpaired) electrons. The Bertz CT molecular complexity index is 332. The summed E-state index contributed by atoms with van der Waals surface area (Å²) >= 11 is 0. The third-order valence-electron chi connectivity index (χ3n) is 2.71. The molecular weight excluding hydrogens is 200 g/mol. The molecule has 0 heterocycles. The van der Waals surface area contributed by atoms with Crippen LogP contribution < -0.4 is 4.74 Å². The van der Waals surface area contributed by atoms with Crippen molar-refractivity contribution in [3.05, 3.63) is 29.3 Å². The van der Waals surface area contributed by atoms with Gasteiger partial charge in [0.05, 0.1) is 7.11 Å². The van der Waals surface area contributed by atoms with Crippen molar-refractivity contribution in [2.45, 2.75) is 33.1 Å². The first kappa shape index (κ1) is 13.0. The van der Waals surface area contributed by atoms with Crippen LogP contribution in [0.2, 0.25) is 0 Å². The maximum Gasteiger partial charge on any atom is 0.119 e. The van der Waals surface area contributed by atoms with Crippen molar-refractivity contribution < 1.29 is 9.84 Å². The van der Waals surface area contributed by atoms with Crippen LogP contribution in [0, 0.1) is 5.92 Å². The summed E-state index contributed by atoms with van der Waals surface area (Å²) in [5.41, 5.74) is 2.43. The van der Waals surface area contributed by atoms with Crippen LogP contribution >= 0.6 is 0 Å².